The Hall–Kier alpha value is -0.760. The highest BCUT2D eigenvalue weighted by atomic mass is 127. The van der Waals surface area contributed by atoms with Gasteiger partial charge in [-0.3, -0.25) is 4.79 Å². The van der Waals surface area contributed by atoms with Gasteiger partial charge < -0.3 is 10.6 Å². The third-order valence-electron chi connectivity index (χ3n) is 2.29. The smallest absolute Gasteiger partial charge is 0.226 e. The molecule has 0 unspecified atom stereocenters. The maximum absolute atomic E-state index is 11.5. The van der Waals surface area contributed by atoms with Gasteiger partial charge in [-0.1, -0.05) is 13.3 Å². The Morgan fingerprint density at radius 2 is 2.28 bits per heavy atom. The van der Waals surface area contributed by atoms with Crippen LogP contribution in [0.1, 0.15) is 31.7 Å². The van der Waals surface area contributed by atoms with Crippen molar-refractivity contribution < 1.29 is 4.79 Å². The van der Waals surface area contributed by atoms with E-state index < -0.39 is 0 Å². The minimum atomic E-state index is -0.0579. The van der Waals surface area contributed by atoms with Gasteiger partial charge in [0.15, 0.2) is 5.11 Å². The summed E-state index contributed by atoms with van der Waals surface area (Å²) in [7, 11) is 0. The predicted octanol–water partition coefficient (Wildman–Crippen LogP) is 3.00. The predicted molar refractivity (Wildman–Crippen MR) is 85.6 cm³/mol. The molecule has 0 aliphatic carbocycles. The number of nitrogens with one attached hydrogen (secondary N) is 2. The maximum Gasteiger partial charge on any atom is 0.226 e. The molecule has 4 nitrogen and oxygen atoms in total. The Morgan fingerprint density at radius 1 is 1.56 bits per heavy atom. The highest BCUT2D eigenvalue weighted by Crippen LogP contribution is 2.13. The molecule has 2 N–H and O–H groups in total. The number of halogens is 1. The van der Waals surface area contributed by atoms with E-state index in [0.717, 1.165) is 22.0 Å². The summed E-state index contributed by atoms with van der Waals surface area (Å²) in [6, 6.07) is 2.00. The lowest BCUT2D eigenvalue weighted by Crippen LogP contribution is -2.34. The van der Waals surface area contributed by atoms with Crippen LogP contribution in [0.2, 0.25) is 0 Å². The summed E-state index contributed by atoms with van der Waals surface area (Å²) in [5, 5.41) is 5.87. The molecular formula is C12H16IN3OS. The van der Waals surface area contributed by atoms with E-state index in [1.54, 1.807) is 6.20 Å². The number of hydrogen-bond donors (Lipinski definition) is 2. The first kappa shape index (κ1) is 15.3. The van der Waals surface area contributed by atoms with Crippen molar-refractivity contribution in [3.8, 4) is 0 Å². The number of thiocarbonyl (C=S) groups is 1. The number of carbonyl (C=O) groups is 1. The first-order chi connectivity index (χ1) is 8.52. The Bertz CT molecular complexity index is 451. The number of pyridine rings is 1. The van der Waals surface area contributed by atoms with Crippen LogP contribution in [0.25, 0.3) is 0 Å². The SMILES string of the molecule is CCCCC(=O)NC(=S)Nc1ncc(I)cc1C. The van der Waals surface area contributed by atoms with E-state index in [1.807, 2.05) is 19.9 Å². The molecule has 1 aromatic rings. The molecular weight excluding hydrogens is 361 g/mol. The van der Waals surface area contributed by atoms with Gasteiger partial charge in [0, 0.05) is 16.2 Å². The van der Waals surface area contributed by atoms with Gasteiger partial charge in [-0.15, -0.1) is 0 Å². The summed E-state index contributed by atoms with van der Waals surface area (Å²) >= 11 is 7.27. The lowest BCUT2D eigenvalue weighted by molar-refractivity contribution is -0.119. The van der Waals surface area contributed by atoms with E-state index in [-0.39, 0.29) is 5.91 Å². The Morgan fingerprint density at radius 3 is 2.89 bits per heavy atom. The normalized spacial score (nSPS) is 9.94. The molecule has 0 bridgehead atoms. The van der Waals surface area contributed by atoms with E-state index in [4.69, 9.17) is 12.2 Å². The molecule has 98 valence electrons. The number of anilines is 1. The zero-order chi connectivity index (χ0) is 13.5. The monoisotopic (exact) mass is 377 g/mol. The summed E-state index contributed by atoms with van der Waals surface area (Å²) in [5.41, 5.74) is 0.993. The summed E-state index contributed by atoms with van der Waals surface area (Å²) in [6.07, 6.45) is 4.11. The zero-order valence-corrected chi connectivity index (χ0v) is 13.4. The average Bonchev–Trinajstić information content (AvgIpc) is 2.30. The quantitative estimate of drug-likeness (QED) is 0.626. The molecule has 6 heteroatoms. The first-order valence-electron chi connectivity index (χ1n) is 5.76. The summed E-state index contributed by atoms with van der Waals surface area (Å²) < 4.78 is 1.06. The van der Waals surface area contributed by atoms with E-state index in [0.29, 0.717) is 17.4 Å². The molecule has 0 saturated carbocycles. The number of rotatable bonds is 4. The zero-order valence-electron chi connectivity index (χ0n) is 10.4. The summed E-state index contributed by atoms with van der Waals surface area (Å²) in [6.45, 7) is 3.99. The third kappa shape index (κ3) is 5.26. The highest BCUT2D eigenvalue weighted by Gasteiger charge is 2.06. The van der Waals surface area contributed by atoms with Crippen molar-refractivity contribution >= 4 is 51.6 Å². The van der Waals surface area contributed by atoms with Gasteiger partial charge in [0.25, 0.3) is 0 Å². The second kappa shape index (κ2) is 7.63. The van der Waals surface area contributed by atoms with Gasteiger partial charge in [0.1, 0.15) is 5.82 Å². The fourth-order valence-corrected chi connectivity index (χ4v) is 2.15. The minimum Gasteiger partial charge on any atom is -0.317 e. The molecule has 1 aromatic heterocycles. The molecule has 18 heavy (non-hydrogen) atoms. The molecule has 0 spiro atoms. The molecule has 0 fully saturated rings. The average molecular weight is 377 g/mol. The van der Waals surface area contributed by atoms with E-state index in [1.165, 1.54) is 0 Å². The Balaban J connectivity index is 2.51. The number of unbranched alkanes of at least 4 members (excludes halogenated alkanes) is 1. The fraction of sp³-hybridized carbons (Fsp3) is 0.417. The molecule has 1 amide bonds. The lowest BCUT2D eigenvalue weighted by Gasteiger charge is -2.10. The van der Waals surface area contributed by atoms with Gasteiger partial charge in [-0.05, 0) is 59.8 Å². The lowest BCUT2D eigenvalue weighted by atomic mass is 10.2. The fourth-order valence-electron chi connectivity index (χ4n) is 1.34. The van der Waals surface area contributed by atoms with Crippen LogP contribution < -0.4 is 10.6 Å². The van der Waals surface area contributed by atoms with E-state index in [2.05, 4.69) is 38.2 Å². The van der Waals surface area contributed by atoms with Gasteiger partial charge in [0.2, 0.25) is 5.91 Å². The van der Waals surface area contributed by atoms with Crippen LogP contribution in [0.4, 0.5) is 5.82 Å². The molecule has 0 aliphatic heterocycles. The van der Waals surface area contributed by atoms with Crippen molar-refractivity contribution in [2.24, 2.45) is 0 Å². The number of amides is 1. The van der Waals surface area contributed by atoms with Crippen LogP contribution in [0.15, 0.2) is 12.3 Å². The Kier molecular flexibility index (Phi) is 6.48. The van der Waals surface area contributed by atoms with Crippen molar-refractivity contribution in [3.05, 3.63) is 21.4 Å². The van der Waals surface area contributed by atoms with Crippen LogP contribution in [0.5, 0.6) is 0 Å². The second-order valence-corrected chi connectivity index (χ2v) is 5.58. The largest absolute Gasteiger partial charge is 0.317 e. The van der Waals surface area contributed by atoms with Gasteiger partial charge in [0.05, 0.1) is 0 Å². The van der Waals surface area contributed by atoms with Crippen LogP contribution in [-0.2, 0) is 4.79 Å². The van der Waals surface area contributed by atoms with E-state index >= 15 is 0 Å². The molecule has 0 saturated heterocycles. The number of nitrogens with zero attached hydrogens (tertiary/aromatic N) is 1. The van der Waals surface area contributed by atoms with Crippen molar-refractivity contribution in [2.45, 2.75) is 33.1 Å². The number of carbonyl (C=O) groups excluding carboxylic acids is 1. The van der Waals surface area contributed by atoms with Crippen molar-refractivity contribution in [3.63, 3.8) is 0 Å². The third-order valence-corrected chi connectivity index (χ3v) is 3.08. The molecule has 0 aromatic carbocycles. The minimum absolute atomic E-state index is 0.0579. The maximum atomic E-state index is 11.5. The van der Waals surface area contributed by atoms with Gasteiger partial charge >= 0.3 is 0 Å². The van der Waals surface area contributed by atoms with Crippen molar-refractivity contribution in [1.82, 2.24) is 10.3 Å². The topological polar surface area (TPSA) is 54.0 Å². The number of aryl methyl sites for hydroxylation is 1. The molecule has 1 heterocycles. The molecule has 1 rings (SSSR count). The molecule has 0 radical (unpaired) electrons. The Labute approximate surface area is 126 Å². The highest BCUT2D eigenvalue weighted by molar-refractivity contribution is 14.1. The van der Waals surface area contributed by atoms with Crippen LogP contribution in [0.3, 0.4) is 0 Å². The first-order valence-corrected chi connectivity index (χ1v) is 7.24. The number of aromatic nitrogens is 1. The second-order valence-electron chi connectivity index (χ2n) is 3.92. The van der Waals surface area contributed by atoms with Gasteiger partial charge in [-0.2, -0.15) is 0 Å². The van der Waals surface area contributed by atoms with Crippen molar-refractivity contribution in [2.75, 3.05) is 5.32 Å². The van der Waals surface area contributed by atoms with Crippen molar-refractivity contribution in [1.29, 1.82) is 0 Å². The molecule has 0 atom stereocenters. The van der Waals surface area contributed by atoms with Crippen LogP contribution in [-0.4, -0.2) is 16.0 Å². The summed E-state index contributed by atoms with van der Waals surface area (Å²) in [4.78, 5) is 15.7. The number of hydrogen-bond acceptors (Lipinski definition) is 3. The van der Waals surface area contributed by atoms with Crippen LogP contribution in [0, 0.1) is 10.5 Å². The van der Waals surface area contributed by atoms with Gasteiger partial charge in [-0.25, -0.2) is 4.98 Å². The molecule has 0 aliphatic rings. The van der Waals surface area contributed by atoms with E-state index in [9.17, 15) is 4.79 Å². The summed E-state index contributed by atoms with van der Waals surface area (Å²) in [5.74, 6) is 0.619. The standard InChI is InChI=1S/C12H16IN3OS/c1-3-4-5-10(17)15-12(18)16-11-8(2)6-9(13)7-14-11/h6-7H,3-5H2,1-2H3,(H2,14,15,16,17,18). The van der Waals surface area contributed by atoms with Crippen LogP contribution >= 0.6 is 34.8 Å².